The van der Waals surface area contributed by atoms with Crippen molar-refractivity contribution >= 4 is 6.09 Å². The first-order valence-corrected chi connectivity index (χ1v) is 9.80. The van der Waals surface area contributed by atoms with E-state index in [2.05, 4.69) is 10.3 Å². The second-order valence-corrected chi connectivity index (χ2v) is 8.59. The van der Waals surface area contributed by atoms with Crippen LogP contribution in [0.15, 0.2) is 42.7 Å². The normalized spacial score (nSPS) is 23.2. The van der Waals surface area contributed by atoms with Gasteiger partial charge in [0.2, 0.25) is 0 Å². The lowest BCUT2D eigenvalue weighted by Gasteiger charge is -2.39. The fourth-order valence-corrected chi connectivity index (χ4v) is 4.05. The van der Waals surface area contributed by atoms with Crippen LogP contribution in [0.3, 0.4) is 0 Å². The van der Waals surface area contributed by atoms with Crippen LogP contribution in [0.2, 0.25) is 0 Å². The molecule has 2 saturated heterocycles. The molecule has 0 saturated carbocycles. The maximum absolute atomic E-state index is 12.9. The highest BCUT2D eigenvalue weighted by molar-refractivity contribution is 5.71. The number of amides is 1. The maximum atomic E-state index is 12.9. The molecule has 0 unspecified atom stereocenters. The summed E-state index contributed by atoms with van der Waals surface area (Å²) >= 11 is 0. The highest BCUT2D eigenvalue weighted by Crippen LogP contribution is 2.44. The summed E-state index contributed by atoms with van der Waals surface area (Å²) in [5.74, 6) is 2.09. The Morgan fingerprint density at radius 2 is 1.90 bits per heavy atom. The second-order valence-electron chi connectivity index (χ2n) is 8.59. The van der Waals surface area contributed by atoms with Gasteiger partial charge in [-0.3, -0.25) is 9.88 Å². The first-order chi connectivity index (χ1) is 13.8. The van der Waals surface area contributed by atoms with Crippen LogP contribution in [0.25, 0.3) is 0 Å². The molecule has 1 aromatic heterocycles. The summed E-state index contributed by atoms with van der Waals surface area (Å²) < 4.78 is 16.8. The van der Waals surface area contributed by atoms with Crippen LogP contribution in [0.5, 0.6) is 17.2 Å². The van der Waals surface area contributed by atoms with Crippen molar-refractivity contribution in [3.05, 3.63) is 48.3 Å². The highest BCUT2D eigenvalue weighted by Gasteiger charge is 2.55. The molecule has 2 aliphatic heterocycles. The van der Waals surface area contributed by atoms with Gasteiger partial charge in [0.15, 0.2) is 0 Å². The van der Waals surface area contributed by atoms with E-state index in [0.717, 1.165) is 17.7 Å². The fraction of sp³-hybridized carbons (Fsp3) is 0.455. The number of rotatable bonds is 4. The number of nitrogens with one attached hydrogen (secondary N) is 1. The predicted octanol–water partition coefficient (Wildman–Crippen LogP) is 3.69. The van der Waals surface area contributed by atoms with E-state index in [-0.39, 0.29) is 12.1 Å². The number of hydrogen-bond donors (Lipinski definition) is 1. The molecule has 7 nitrogen and oxygen atoms in total. The number of benzene rings is 1. The van der Waals surface area contributed by atoms with E-state index in [9.17, 15) is 4.79 Å². The Morgan fingerprint density at radius 1 is 1.17 bits per heavy atom. The number of piperazine rings is 1. The number of carbonyl (C=O) groups is 1. The third kappa shape index (κ3) is 3.87. The molecule has 2 aliphatic rings. The minimum Gasteiger partial charge on any atom is -0.497 e. The van der Waals surface area contributed by atoms with Crippen LogP contribution in [0, 0.1) is 0 Å². The summed E-state index contributed by atoms with van der Waals surface area (Å²) in [4.78, 5) is 19.1. The smallest absolute Gasteiger partial charge is 0.411 e. The van der Waals surface area contributed by atoms with Gasteiger partial charge in [-0.1, -0.05) is 0 Å². The molecule has 2 fully saturated rings. The van der Waals surface area contributed by atoms with Crippen molar-refractivity contribution in [2.45, 2.75) is 44.4 Å². The quantitative estimate of drug-likeness (QED) is 0.848. The Balaban J connectivity index is 1.59. The fourth-order valence-electron chi connectivity index (χ4n) is 4.05. The largest absolute Gasteiger partial charge is 0.497 e. The zero-order chi connectivity index (χ0) is 20.6. The van der Waals surface area contributed by atoms with Gasteiger partial charge in [-0.05, 0) is 57.5 Å². The standard InChI is InChI=1S/C22H27N3O4/c1-21(2,3)29-20(26)25-13-16-10-22(25,14-24-16)15-9-19(12-23-11-15)28-18-7-5-17(27-4)6-8-18/h5-9,11-12,16,24H,10,13-14H2,1-4H3/t16-,22+/m0/s1. The van der Waals surface area contributed by atoms with Gasteiger partial charge in [0.05, 0.1) is 18.8 Å². The molecular weight excluding hydrogens is 370 g/mol. The monoisotopic (exact) mass is 397 g/mol. The lowest BCUT2D eigenvalue weighted by atomic mass is 9.90. The molecule has 2 aromatic rings. The molecule has 2 atom stereocenters. The van der Waals surface area contributed by atoms with E-state index in [4.69, 9.17) is 14.2 Å². The molecule has 0 aliphatic carbocycles. The topological polar surface area (TPSA) is 72.9 Å². The van der Waals surface area contributed by atoms with Crippen molar-refractivity contribution in [3.8, 4) is 17.2 Å². The van der Waals surface area contributed by atoms with Gasteiger partial charge in [0.25, 0.3) is 0 Å². The van der Waals surface area contributed by atoms with Crippen LogP contribution in [0.1, 0.15) is 32.8 Å². The average molecular weight is 397 g/mol. The number of likely N-dealkylation sites (tertiary alicyclic amines) is 1. The second kappa shape index (κ2) is 7.22. The van der Waals surface area contributed by atoms with Crippen LogP contribution in [0.4, 0.5) is 4.79 Å². The summed E-state index contributed by atoms with van der Waals surface area (Å²) in [7, 11) is 1.63. The van der Waals surface area contributed by atoms with Gasteiger partial charge in [-0.2, -0.15) is 0 Å². The number of pyridine rings is 1. The summed E-state index contributed by atoms with van der Waals surface area (Å²) in [5, 5.41) is 3.49. The third-order valence-electron chi connectivity index (χ3n) is 5.35. The average Bonchev–Trinajstić information content (AvgIpc) is 3.28. The first kappa shape index (κ1) is 19.5. The number of hydrogen-bond acceptors (Lipinski definition) is 6. The zero-order valence-corrected chi connectivity index (χ0v) is 17.3. The van der Waals surface area contributed by atoms with E-state index in [1.807, 2.05) is 62.2 Å². The molecule has 4 rings (SSSR count). The lowest BCUT2D eigenvalue weighted by Crippen LogP contribution is -2.54. The van der Waals surface area contributed by atoms with Gasteiger partial charge in [0, 0.05) is 30.9 Å². The van der Waals surface area contributed by atoms with Crippen molar-refractivity contribution in [2.24, 2.45) is 0 Å². The van der Waals surface area contributed by atoms with Gasteiger partial charge in [0.1, 0.15) is 22.8 Å². The van der Waals surface area contributed by atoms with Crippen molar-refractivity contribution in [3.63, 3.8) is 0 Å². The van der Waals surface area contributed by atoms with E-state index in [1.54, 1.807) is 13.3 Å². The lowest BCUT2D eigenvalue weighted by molar-refractivity contribution is 0.00450. The molecule has 2 bridgehead atoms. The van der Waals surface area contributed by atoms with Gasteiger partial charge in [-0.15, -0.1) is 0 Å². The van der Waals surface area contributed by atoms with Gasteiger partial charge < -0.3 is 19.5 Å². The Morgan fingerprint density at radius 3 is 2.55 bits per heavy atom. The third-order valence-corrected chi connectivity index (χ3v) is 5.35. The molecular formula is C22H27N3O4. The SMILES string of the molecule is COc1ccc(Oc2cncc([C@@]34CN[C@H](CN3C(=O)OC(C)(C)C)C4)c2)cc1. The number of ether oxygens (including phenoxy) is 3. The predicted molar refractivity (Wildman–Crippen MR) is 108 cm³/mol. The van der Waals surface area contributed by atoms with Crippen LogP contribution in [-0.4, -0.2) is 47.8 Å². The maximum Gasteiger partial charge on any atom is 0.411 e. The van der Waals surface area contributed by atoms with Crippen molar-refractivity contribution in [1.82, 2.24) is 15.2 Å². The van der Waals surface area contributed by atoms with E-state index >= 15 is 0 Å². The minimum atomic E-state index is -0.537. The number of nitrogens with zero attached hydrogens (tertiary/aromatic N) is 2. The Labute approximate surface area is 171 Å². The van der Waals surface area contributed by atoms with E-state index < -0.39 is 11.1 Å². The summed E-state index contributed by atoms with van der Waals surface area (Å²) in [6.45, 7) is 6.95. The molecule has 1 amide bonds. The van der Waals surface area contributed by atoms with Gasteiger partial charge in [-0.25, -0.2) is 4.79 Å². The number of fused-ring (bicyclic) bond motifs is 2. The molecule has 154 valence electrons. The van der Waals surface area contributed by atoms with E-state index in [0.29, 0.717) is 24.6 Å². The summed E-state index contributed by atoms with van der Waals surface area (Å²) in [6, 6.07) is 9.60. The van der Waals surface area contributed by atoms with Crippen LogP contribution in [-0.2, 0) is 10.3 Å². The molecule has 3 heterocycles. The highest BCUT2D eigenvalue weighted by atomic mass is 16.6. The number of aromatic nitrogens is 1. The molecule has 0 spiro atoms. The molecule has 1 N–H and O–H groups in total. The van der Waals surface area contributed by atoms with Crippen LogP contribution >= 0.6 is 0 Å². The number of methoxy groups -OCH3 is 1. The van der Waals surface area contributed by atoms with E-state index in [1.165, 1.54) is 0 Å². The zero-order valence-electron chi connectivity index (χ0n) is 17.3. The Bertz CT molecular complexity index is 894. The first-order valence-electron chi connectivity index (χ1n) is 9.80. The van der Waals surface area contributed by atoms with Gasteiger partial charge >= 0.3 is 6.09 Å². The molecule has 1 aromatic carbocycles. The van der Waals surface area contributed by atoms with Crippen molar-refractivity contribution in [2.75, 3.05) is 20.2 Å². The Kier molecular flexibility index (Phi) is 4.86. The summed E-state index contributed by atoms with van der Waals surface area (Å²) in [6.07, 6.45) is 4.04. The molecule has 0 radical (unpaired) electrons. The van der Waals surface area contributed by atoms with Crippen molar-refractivity contribution < 1.29 is 19.0 Å². The van der Waals surface area contributed by atoms with Crippen LogP contribution < -0.4 is 14.8 Å². The molecule has 7 heteroatoms. The number of carbonyl (C=O) groups excluding carboxylic acids is 1. The van der Waals surface area contributed by atoms with Crippen molar-refractivity contribution in [1.29, 1.82) is 0 Å². The Hall–Kier alpha value is -2.80. The molecule has 29 heavy (non-hydrogen) atoms. The minimum absolute atomic E-state index is 0.258. The summed E-state index contributed by atoms with van der Waals surface area (Å²) in [5.41, 5.74) is -0.0634.